The molecule has 0 amide bonds. The molecule has 92 valence electrons. The van der Waals surface area contributed by atoms with Crippen LogP contribution in [0.2, 0.25) is 0 Å². The molecule has 0 aromatic heterocycles. The minimum Gasteiger partial charge on any atom is -0.481 e. The van der Waals surface area contributed by atoms with E-state index in [2.05, 4.69) is 5.32 Å². The van der Waals surface area contributed by atoms with Crippen molar-refractivity contribution >= 4 is 5.97 Å². The van der Waals surface area contributed by atoms with Crippen LogP contribution >= 0.6 is 0 Å². The van der Waals surface area contributed by atoms with Crippen LogP contribution in [-0.4, -0.2) is 24.2 Å². The molecule has 1 heterocycles. The number of benzene rings is 1. The van der Waals surface area contributed by atoms with Gasteiger partial charge in [0.05, 0.1) is 0 Å². The molecule has 2 atom stereocenters. The molecule has 4 heteroatoms. The number of nitrogens with one attached hydrogen (secondary N) is 1. The number of rotatable bonds is 3. The Kier molecular flexibility index (Phi) is 3.74. The van der Waals surface area contributed by atoms with Crippen LogP contribution in [0, 0.1) is 11.7 Å². The number of halogens is 1. The van der Waals surface area contributed by atoms with E-state index in [1.54, 1.807) is 6.07 Å². The second-order valence-corrected chi connectivity index (χ2v) is 4.51. The first-order valence-corrected chi connectivity index (χ1v) is 5.85. The molecular weight excluding hydrogens is 221 g/mol. The maximum Gasteiger partial charge on any atom is 0.303 e. The number of carbonyl (C=O) groups is 1. The van der Waals surface area contributed by atoms with Crippen LogP contribution in [0.5, 0.6) is 0 Å². The van der Waals surface area contributed by atoms with Crippen LogP contribution in [-0.2, 0) is 4.79 Å². The van der Waals surface area contributed by atoms with E-state index in [4.69, 9.17) is 5.11 Å². The Morgan fingerprint density at radius 1 is 1.53 bits per heavy atom. The van der Waals surface area contributed by atoms with Crippen LogP contribution in [0.3, 0.4) is 0 Å². The second-order valence-electron chi connectivity index (χ2n) is 4.51. The highest BCUT2D eigenvalue weighted by Crippen LogP contribution is 2.31. The van der Waals surface area contributed by atoms with Gasteiger partial charge in [0.15, 0.2) is 0 Å². The molecule has 0 saturated carbocycles. The van der Waals surface area contributed by atoms with Crippen molar-refractivity contribution in [3.05, 3.63) is 35.6 Å². The van der Waals surface area contributed by atoms with Gasteiger partial charge in [-0.1, -0.05) is 12.1 Å². The quantitative estimate of drug-likeness (QED) is 0.845. The van der Waals surface area contributed by atoms with Crippen molar-refractivity contribution in [2.75, 3.05) is 13.1 Å². The first kappa shape index (κ1) is 12.0. The number of piperidine rings is 1. The summed E-state index contributed by atoms with van der Waals surface area (Å²) in [6, 6.07) is 6.46. The molecule has 1 aliphatic heterocycles. The van der Waals surface area contributed by atoms with Crippen LogP contribution in [0.15, 0.2) is 24.3 Å². The normalized spacial score (nSPS) is 24.5. The lowest BCUT2D eigenvalue weighted by Crippen LogP contribution is -2.36. The molecule has 0 bridgehead atoms. The fraction of sp³-hybridized carbons (Fsp3) is 0.462. The van der Waals surface area contributed by atoms with Gasteiger partial charge in [0.1, 0.15) is 5.82 Å². The topological polar surface area (TPSA) is 49.3 Å². The number of hydrogen-bond acceptors (Lipinski definition) is 2. The standard InChI is InChI=1S/C13H16FNO2/c14-11-3-1-2-9(6-11)12-8-15-5-4-10(12)7-13(16)17/h1-3,6,10,12,15H,4-5,7-8H2,(H,16,17). The van der Waals surface area contributed by atoms with Crippen molar-refractivity contribution in [2.45, 2.75) is 18.8 Å². The Bertz CT molecular complexity index is 408. The fourth-order valence-electron chi connectivity index (χ4n) is 2.51. The van der Waals surface area contributed by atoms with Gasteiger partial charge in [0.25, 0.3) is 0 Å². The van der Waals surface area contributed by atoms with E-state index >= 15 is 0 Å². The molecule has 1 aliphatic rings. The molecule has 2 rings (SSSR count). The SMILES string of the molecule is O=C(O)CC1CCNCC1c1cccc(F)c1. The predicted molar refractivity (Wildman–Crippen MR) is 62.4 cm³/mol. The smallest absolute Gasteiger partial charge is 0.303 e. The third-order valence-electron chi connectivity index (χ3n) is 3.34. The maximum atomic E-state index is 13.2. The number of hydrogen-bond donors (Lipinski definition) is 2. The summed E-state index contributed by atoms with van der Waals surface area (Å²) in [5.41, 5.74) is 0.892. The lowest BCUT2D eigenvalue weighted by Gasteiger charge is -2.31. The summed E-state index contributed by atoms with van der Waals surface area (Å²) in [6.07, 6.45) is 0.982. The lowest BCUT2D eigenvalue weighted by atomic mass is 9.79. The minimum absolute atomic E-state index is 0.0931. The van der Waals surface area contributed by atoms with E-state index in [9.17, 15) is 9.18 Å². The third-order valence-corrected chi connectivity index (χ3v) is 3.34. The third kappa shape index (κ3) is 3.03. The van der Waals surface area contributed by atoms with Gasteiger partial charge in [-0.15, -0.1) is 0 Å². The largest absolute Gasteiger partial charge is 0.481 e. The van der Waals surface area contributed by atoms with E-state index in [0.717, 1.165) is 25.1 Å². The van der Waals surface area contributed by atoms with E-state index < -0.39 is 5.97 Å². The lowest BCUT2D eigenvalue weighted by molar-refractivity contribution is -0.138. The summed E-state index contributed by atoms with van der Waals surface area (Å²) < 4.78 is 13.2. The Morgan fingerprint density at radius 3 is 3.06 bits per heavy atom. The van der Waals surface area contributed by atoms with Crippen LogP contribution < -0.4 is 5.32 Å². The minimum atomic E-state index is -0.779. The molecule has 3 nitrogen and oxygen atoms in total. The molecule has 0 spiro atoms. The Hall–Kier alpha value is -1.42. The van der Waals surface area contributed by atoms with Crippen LogP contribution in [0.4, 0.5) is 4.39 Å². The second kappa shape index (κ2) is 5.27. The van der Waals surface area contributed by atoms with Crippen molar-refractivity contribution in [1.82, 2.24) is 5.32 Å². The maximum absolute atomic E-state index is 13.2. The summed E-state index contributed by atoms with van der Waals surface area (Å²) in [7, 11) is 0. The van der Waals surface area contributed by atoms with Gasteiger partial charge in [0.2, 0.25) is 0 Å². The summed E-state index contributed by atoms with van der Waals surface area (Å²) >= 11 is 0. The zero-order valence-corrected chi connectivity index (χ0v) is 9.53. The molecule has 1 fully saturated rings. The van der Waals surface area contributed by atoms with Gasteiger partial charge in [0, 0.05) is 13.0 Å². The van der Waals surface area contributed by atoms with E-state index in [0.29, 0.717) is 0 Å². The summed E-state index contributed by atoms with van der Waals surface area (Å²) in [5.74, 6) is -0.855. The van der Waals surface area contributed by atoms with E-state index in [-0.39, 0.29) is 24.1 Å². The monoisotopic (exact) mass is 237 g/mol. The Morgan fingerprint density at radius 2 is 2.35 bits per heavy atom. The van der Waals surface area contributed by atoms with Crippen molar-refractivity contribution < 1.29 is 14.3 Å². The van der Waals surface area contributed by atoms with Gasteiger partial charge < -0.3 is 10.4 Å². The summed E-state index contributed by atoms with van der Waals surface area (Å²) in [6.45, 7) is 1.56. The van der Waals surface area contributed by atoms with E-state index in [1.165, 1.54) is 12.1 Å². The molecule has 2 N–H and O–H groups in total. The molecule has 17 heavy (non-hydrogen) atoms. The highest BCUT2D eigenvalue weighted by atomic mass is 19.1. The molecule has 0 radical (unpaired) electrons. The van der Waals surface area contributed by atoms with Crippen molar-refractivity contribution in [2.24, 2.45) is 5.92 Å². The van der Waals surface area contributed by atoms with Gasteiger partial charge in [-0.05, 0) is 42.5 Å². The predicted octanol–water partition coefficient (Wildman–Crippen LogP) is 1.99. The molecule has 1 aromatic rings. The molecule has 2 unspecified atom stereocenters. The zero-order valence-electron chi connectivity index (χ0n) is 9.53. The highest BCUT2D eigenvalue weighted by molar-refractivity contribution is 5.67. The Labute approximate surface area is 99.7 Å². The van der Waals surface area contributed by atoms with Crippen LogP contribution in [0.25, 0.3) is 0 Å². The van der Waals surface area contributed by atoms with Crippen LogP contribution in [0.1, 0.15) is 24.3 Å². The Balaban J connectivity index is 2.18. The van der Waals surface area contributed by atoms with Crippen molar-refractivity contribution in [3.63, 3.8) is 0 Å². The average molecular weight is 237 g/mol. The summed E-state index contributed by atoms with van der Waals surface area (Å²) in [5, 5.41) is 12.1. The summed E-state index contributed by atoms with van der Waals surface area (Å²) in [4.78, 5) is 10.8. The van der Waals surface area contributed by atoms with Gasteiger partial charge >= 0.3 is 5.97 Å². The van der Waals surface area contributed by atoms with Gasteiger partial charge in [-0.3, -0.25) is 4.79 Å². The zero-order chi connectivity index (χ0) is 12.3. The molecule has 1 saturated heterocycles. The number of carboxylic acid groups (broad SMARTS) is 1. The molecule has 1 aromatic carbocycles. The van der Waals surface area contributed by atoms with Gasteiger partial charge in [-0.25, -0.2) is 4.39 Å². The van der Waals surface area contributed by atoms with E-state index in [1.807, 2.05) is 6.07 Å². The molecule has 0 aliphatic carbocycles. The first-order chi connectivity index (χ1) is 8.16. The van der Waals surface area contributed by atoms with Gasteiger partial charge in [-0.2, -0.15) is 0 Å². The van der Waals surface area contributed by atoms with Crippen molar-refractivity contribution in [3.8, 4) is 0 Å². The molecular formula is C13H16FNO2. The van der Waals surface area contributed by atoms with Crippen molar-refractivity contribution in [1.29, 1.82) is 0 Å². The number of carboxylic acids is 1. The fourth-order valence-corrected chi connectivity index (χ4v) is 2.51. The average Bonchev–Trinajstić information content (AvgIpc) is 2.29. The highest BCUT2D eigenvalue weighted by Gasteiger charge is 2.28. The first-order valence-electron chi connectivity index (χ1n) is 5.85. The number of aliphatic carboxylic acids is 1.